The third kappa shape index (κ3) is 3.00. The van der Waals surface area contributed by atoms with Gasteiger partial charge in [-0.05, 0) is 37.6 Å². The Morgan fingerprint density at radius 3 is 2.55 bits per heavy atom. The number of sulfonamides is 1. The number of benzene rings is 1. The van der Waals surface area contributed by atoms with Crippen LogP contribution in [0.5, 0.6) is 0 Å². The molecule has 110 valence electrons. The molecule has 1 saturated heterocycles. The molecule has 0 aliphatic carbocycles. The van der Waals surface area contributed by atoms with Crippen molar-refractivity contribution in [3.8, 4) is 0 Å². The second-order valence-electron chi connectivity index (χ2n) is 4.55. The Morgan fingerprint density at radius 2 is 2.05 bits per heavy atom. The van der Waals surface area contributed by atoms with Gasteiger partial charge < -0.3 is 9.84 Å². The van der Waals surface area contributed by atoms with Gasteiger partial charge in [0.25, 0.3) is 0 Å². The van der Waals surface area contributed by atoms with E-state index in [1.54, 1.807) is 6.92 Å². The summed E-state index contributed by atoms with van der Waals surface area (Å²) in [4.78, 5) is 11.6. The van der Waals surface area contributed by atoms with Crippen LogP contribution in [0.2, 0.25) is 0 Å². The number of β-amino-alcohol motifs (C(OH)–C–C–N with tert-alkyl or cyclic N) is 1. The zero-order valence-electron chi connectivity index (χ0n) is 11.2. The summed E-state index contributed by atoms with van der Waals surface area (Å²) in [6, 6.07) is 5.62. The highest BCUT2D eigenvalue weighted by Crippen LogP contribution is 2.21. The van der Waals surface area contributed by atoms with E-state index >= 15 is 0 Å². The first kappa shape index (κ1) is 15.0. The second kappa shape index (κ2) is 5.90. The molecule has 1 atom stereocenters. The maximum atomic E-state index is 12.3. The van der Waals surface area contributed by atoms with E-state index in [-0.39, 0.29) is 18.0 Å². The van der Waals surface area contributed by atoms with Crippen LogP contribution in [0.3, 0.4) is 0 Å². The minimum atomic E-state index is -3.61. The lowest BCUT2D eigenvalue weighted by molar-refractivity contribution is 0.0526. The summed E-state index contributed by atoms with van der Waals surface area (Å²) < 4.78 is 30.7. The Morgan fingerprint density at radius 1 is 1.40 bits per heavy atom. The zero-order valence-corrected chi connectivity index (χ0v) is 12.0. The van der Waals surface area contributed by atoms with E-state index in [2.05, 4.69) is 0 Å². The lowest BCUT2D eigenvalue weighted by atomic mass is 10.2. The maximum absolute atomic E-state index is 12.3. The van der Waals surface area contributed by atoms with E-state index < -0.39 is 22.1 Å². The smallest absolute Gasteiger partial charge is 0.338 e. The summed E-state index contributed by atoms with van der Waals surface area (Å²) in [6.07, 6.45) is -0.163. The van der Waals surface area contributed by atoms with Crippen LogP contribution >= 0.6 is 0 Å². The van der Waals surface area contributed by atoms with Crippen LogP contribution in [0.1, 0.15) is 23.7 Å². The SMILES string of the molecule is CCOC(=O)c1ccc(S(=O)(=O)N2CC[C@H](O)C2)cc1. The molecule has 6 nitrogen and oxygen atoms in total. The molecule has 1 N–H and O–H groups in total. The lowest BCUT2D eigenvalue weighted by Gasteiger charge is -2.15. The van der Waals surface area contributed by atoms with Crippen LogP contribution in [-0.2, 0) is 14.8 Å². The molecule has 0 amide bonds. The number of carbonyl (C=O) groups excluding carboxylic acids is 1. The number of carbonyl (C=O) groups is 1. The Hall–Kier alpha value is -1.44. The number of ether oxygens (including phenoxy) is 1. The fraction of sp³-hybridized carbons (Fsp3) is 0.462. The number of esters is 1. The molecule has 0 bridgehead atoms. The van der Waals surface area contributed by atoms with Crippen LogP contribution in [0.4, 0.5) is 0 Å². The largest absolute Gasteiger partial charge is 0.462 e. The van der Waals surface area contributed by atoms with Crippen molar-refractivity contribution >= 4 is 16.0 Å². The summed E-state index contributed by atoms with van der Waals surface area (Å²) in [5.74, 6) is -0.479. The summed E-state index contributed by atoms with van der Waals surface area (Å²) in [7, 11) is -3.61. The summed E-state index contributed by atoms with van der Waals surface area (Å²) in [5.41, 5.74) is 0.312. The Labute approximate surface area is 118 Å². The highest BCUT2D eigenvalue weighted by Gasteiger charge is 2.31. The predicted molar refractivity (Wildman–Crippen MR) is 71.8 cm³/mol. The molecule has 0 spiro atoms. The van der Waals surface area contributed by atoms with Gasteiger partial charge in [-0.15, -0.1) is 0 Å². The van der Waals surface area contributed by atoms with Gasteiger partial charge in [0.15, 0.2) is 0 Å². The number of hydrogen-bond acceptors (Lipinski definition) is 5. The van der Waals surface area contributed by atoms with Crippen molar-refractivity contribution in [2.24, 2.45) is 0 Å². The van der Waals surface area contributed by atoms with Crippen molar-refractivity contribution in [1.82, 2.24) is 4.31 Å². The first-order chi connectivity index (χ1) is 9.45. The summed E-state index contributed by atoms with van der Waals surface area (Å²) in [5, 5.41) is 9.42. The first-order valence-corrected chi connectivity index (χ1v) is 7.84. The second-order valence-corrected chi connectivity index (χ2v) is 6.49. The molecule has 1 heterocycles. The van der Waals surface area contributed by atoms with Gasteiger partial charge >= 0.3 is 5.97 Å². The van der Waals surface area contributed by atoms with Crippen molar-refractivity contribution in [3.05, 3.63) is 29.8 Å². The molecule has 7 heteroatoms. The number of hydrogen-bond donors (Lipinski definition) is 1. The highest BCUT2D eigenvalue weighted by atomic mass is 32.2. The molecule has 2 rings (SSSR count). The van der Waals surface area contributed by atoms with Crippen molar-refractivity contribution in [1.29, 1.82) is 0 Å². The van der Waals surface area contributed by atoms with Gasteiger partial charge in [0.05, 0.1) is 23.2 Å². The van der Waals surface area contributed by atoms with Gasteiger partial charge in [0.1, 0.15) is 0 Å². The van der Waals surface area contributed by atoms with E-state index in [0.717, 1.165) is 0 Å². The van der Waals surface area contributed by atoms with Crippen molar-refractivity contribution < 1.29 is 23.1 Å². The average Bonchev–Trinajstić information content (AvgIpc) is 2.86. The minimum Gasteiger partial charge on any atom is -0.462 e. The molecule has 1 fully saturated rings. The van der Waals surface area contributed by atoms with Crippen molar-refractivity contribution in [2.45, 2.75) is 24.3 Å². The van der Waals surface area contributed by atoms with E-state index in [4.69, 9.17) is 4.74 Å². The van der Waals surface area contributed by atoms with Gasteiger partial charge in [0.2, 0.25) is 10.0 Å². The normalized spacial score (nSPS) is 20.0. The van der Waals surface area contributed by atoms with Crippen LogP contribution in [0.15, 0.2) is 29.2 Å². The first-order valence-electron chi connectivity index (χ1n) is 6.40. The molecule has 1 aliphatic heterocycles. The van der Waals surface area contributed by atoms with Crippen LogP contribution in [0, 0.1) is 0 Å². The van der Waals surface area contributed by atoms with E-state index in [1.807, 2.05) is 0 Å². The third-order valence-electron chi connectivity index (χ3n) is 3.13. The molecule has 0 aromatic heterocycles. The van der Waals surface area contributed by atoms with Crippen molar-refractivity contribution in [3.63, 3.8) is 0 Å². The van der Waals surface area contributed by atoms with E-state index in [1.165, 1.54) is 28.6 Å². The van der Waals surface area contributed by atoms with Crippen LogP contribution < -0.4 is 0 Å². The Kier molecular flexibility index (Phi) is 4.42. The molecule has 0 radical (unpaired) electrons. The fourth-order valence-corrected chi connectivity index (χ4v) is 3.55. The van der Waals surface area contributed by atoms with Crippen LogP contribution in [0.25, 0.3) is 0 Å². The highest BCUT2D eigenvalue weighted by molar-refractivity contribution is 7.89. The number of aliphatic hydroxyl groups is 1. The molecular weight excluding hydrogens is 282 g/mol. The molecule has 20 heavy (non-hydrogen) atoms. The molecule has 0 saturated carbocycles. The van der Waals surface area contributed by atoms with Gasteiger partial charge in [-0.1, -0.05) is 0 Å². The Bertz CT molecular complexity index is 581. The summed E-state index contributed by atoms with van der Waals surface area (Å²) >= 11 is 0. The number of aliphatic hydroxyl groups excluding tert-OH is 1. The topological polar surface area (TPSA) is 83.9 Å². The molecule has 0 unspecified atom stereocenters. The quantitative estimate of drug-likeness (QED) is 0.824. The maximum Gasteiger partial charge on any atom is 0.338 e. The van der Waals surface area contributed by atoms with Gasteiger partial charge in [-0.25, -0.2) is 13.2 Å². The van der Waals surface area contributed by atoms with Gasteiger partial charge in [0, 0.05) is 13.1 Å². The summed E-state index contributed by atoms with van der Waals surface area (Å²) in [6.45, 7) is 2.39. The molecule has 1 aliphatic rings. The van der Waals surface area contributed by atoms with E-state index in [0.29, 0.717) is 18.5 Å². The molecule has 1 aromatic carbocycles. The average molecular weight is 299 g/mol. The fourth-order valence-electron chi connectivity index (χ4n) is 2.06. The molecule has 1 aromatic rings. The lowest BCUT2D eigenvalue weighted by Crippen LogP contribution is -2.29. The number of nitrogens with zero attached hydrogens (tertiary/aromatic N) is 1. The van der Waals surface area contributed by atoms with E-state index in [9.17, 15) is 18.3 Å². The minimum absolute atomic E-state index is 0.111. The van der Waals surface area contributed by atoms with Gasteiger partial charge in [-0.2, -0.15) is 4.31 Å². The molecular formula is C13H17NO5S. The predicted octanol–water partition coefficient (Wildman–Crippen LogP) is 0.619. The van der Waals surface area contributed by atoms with Crippen molar-refractivity contribution in [2.75, 3.05) is 19.7 Å². The third-order valence-corrected chi connectivity index (χ3v) is 5.01. The Balaban J connectivity index is 2.19. The number of rotatable bonds is 4. The van der Waals surface area contributed by atoms with Crippen LogP contribution in [-0.4, -0.2) is 49.6 Å². The monoisotopic (exact) mass is 299 g/mol. The zero-order chi connectivity index (χ0) is 14.8. The standard InChI is InChI=1S/C13H17NO5S/c1-2-19-13(16)10-3-5-12(6-4-10)20(17,18)14-8-7-11(15)9-14/h3-6,11,15H,2,7-9H2,1H3/t11-/m0/s1. The van der Waals surface area contributed by atoms with Gasteiger partial charge in [-0.3, -0.25) is 0 Å².